The van der Waals surface area contributed by atoms with Gasteiger partial charge in [-0.15, -0.1) is 0 Å². The molecule has 0 heterocycles. The SMILES string of the molecule is C=C(C)C(=O)OCCOC(=O)CC(O)(CC(=O)O)C(=O)OCCOC(=O)C(=C)C. The highest BCUT2D eigenvalue weighted by molar-refractivity contribution is 5.90. The average Bonchev–Trinajstić information content (AvgIpc) is 2.60. The van der Waals surface area contributed by atoms with Crippen molar-refractivity contribution in [3.8, 4) is 0 Å². The molecule has 0 saturated carbocycles. The van der Waals surface area contributed by atoms with Crippen LogP contribution in [-0.4, -0.2) is 72.1 Å². The van der Waals surface area contributed by atoms with E-state index in [-0.39, 0.29) is 31.0 Å². The number of aliphatic carboxylic acids is 1. The van der Waals surface area contributed by atoms with E-state index in [2.05, 4.69) is 27.4 Å². The molecule has 2 N–H and O–H groups in total. The zero-order valence-electron chi connectivity index (χ0n) is 16.2. The number of esters is 4. The minimum absolute atomic E-state index is 0.121. The van der Waals surface area contributed by atoms with Gasteiger partial charge >= 0.3 is 29.8 Å². The van der Waals surface area contributed by atoms with Gasteiger partial charge < -0.3 is 29.2 Å². The predicted octanol–water partition coefficient (Wildman–Crippen LogP) is -0.0927. The number of hydrogen-bond acceptors (Lipinski definition) is 10. The molecule has 0 radical (unpaired) electrons. The minimum atomic E-state index is -2.70. The summed E-state index contributed by atoms with van der Waals surface area (Å²) in [5.74, 6) is -5.51. The Kier molecular flexibility index (Phi) is 10.9. The number of carbonyl (C=O) groups excluding carboxylic acids is 4. The number of carboxylic acids is 1. The molecule has 162 valence electrons. The standard InChI is InChI=1S/C18H24O11/c1-11(2)15(22)27-6-5-26-14(21)10-18(25,9-13(19)20)17(24)29-8-7-28-16(23)12(3)4/h25H,1,3,5-10H2,2,4H3,(H,19,20). The monoisotopic (exact) mass is 416 g/mol. The van der Waals surface area contributed by atoms with Gasteiger partial charge in [0.1, 0.15) is 26.4 Å². The van der Waals surface area contributed by atoms with E-state index in [1.54, 1.807) is 0 Å². The van der Waals surface area contributed by atoms with E-state index in [4.69, 9.17) is 9.84 Å². The highest BCUT2D eigenvalue weighted by Crippen LogP contribution is 2.19. The lowest BCUT2D eigenvalue weighted by Crippen LogP contribution is -2.45. The summed E-state index contributed by atoms with van der Waals surface area (Å²) in [6, 6.07) is 0. The Morgan fingerprint density at radius 2 is 1.17 bits per heavy atom. The van der Waals surface area contributed by atoms with Gasteiger partial charge in [0.25, 0.3) is 0 Å². The van der Waals surface area contributed by atoms with Crippen LogP contribution in [0.25, 0.3) is 0 Å². The summed E-state index contributed by atoms with van der Waals surface area (Å²) in [5.41, 5.74) is -2.44. The molecule has 0 rings (SSSR count). The second-order valence-electron chi connectivity index (χ2n) is 5.97. The smallest absolute Gasteiger partial charge is 0.339 e. The van der Waals surface area contributed by atoms with Gasteiger partial charge in [0.2, 0.25) is 0 Å². The zero-order valence-corrected chi connectivity index (χ0v) is 16.2. The Bertz CT molecular complexity index is 679. The van der Waals surface area contributed by atoms with Crippen LogP contribution in [0.15, 0.2) is 24.3 Å². The minimum Gasteiger partial charge on any atom is -0.481 e. The topological polar surface area (TPSA) is 163 Å². The number of carbonyl (C=O) groups is 5. The van der Waals surface area contributed by atoms with Gasteiger partial charge in [-0.25, -0.2) is 14.4 Å². The lowest BCUT2D eigenvalue weighted by Gasteiger charge is -2.23. The molecule has 0 aliphatic rings. The molecule has 1 atom stereocenters. The first-order chi connectivity index (χ1) is 13.4. The first kappa shape index (κ1) is 25.8. The number of rotatable bonds is 13. The number of carboxylic acid groups (broad SMARTS) is 1. The summed E-state index contributed by atoms with van der Waals surface area (Å²) >= 11 is 0. The van der Waals surface area contributed by atoms with Crippen molar-refractivity contribution in [1.29, 1.82) is 0 Å². The molecular weight excluding hydrogens is 392 g/mol. The highest BCUT2D eigenvalue weighted by Gasteiger charge is 2.43. The van der Waals surface area contributed by atoms with Crippen molar-refractivity contribution in [2.24, 2.45) is 0 Å². The molecule has 29 heavy (non-hydrogen) atoms. The van der Waals surface area contributed by atoms with Crippen LogP contribution in [0, 0.1) is 0 Å². The van der Waals surface area contributed by atoms with Crippen molar-refractivity contribution in [3.63, 3.8) is 0 Å². The predicted molar refractivity (Wildman–Crippen MR) is 95.3 cm³/mol. The van der Waals surface area contributed by atoms with E-state index >= 15 is 0 Å². The van der Waals surface area contributed by atoms with Crippen molar-refractivity contribution >= 4 is 29.8 Å². The largest absolute Gasteiger partial charge is 0.481 e. The van der Waals surface area contributed by atoms with Gasteiger partial charge in [0, 0.05) is 11.1 Å². The molecule has 0 aromatic rings. The molecule has 0 amide bonds. The Labute approximate surface area is 166 Å². The summed E-state index contributed by atoms with van der Waals surface area (Å²) in [5, 5.41) is 19.1. The van der Waals surface area contributed by atoms with Crippen molar-refractivity contribution in [2.75, 3.05) is 26.4 Å². The molecule has 0 aromatic carbocycles. The first-order valence-electron chi connectivity index (χ1n) is 8.31. The molecule has 0 fully saturated rings. The maximum atomic E-state index is 12.0. The van der Waals surface area contributed by atoms with E-state index in [9.17, 15) is 29.1 Å². The number of hydrogen-bond donors (Lipinski definition) is 2. The summed E-state index contributed by atoms with van der Waals surface area (Å²) in [6.45, 7) is 8.02. The molecule has 11 nitrogen and oxygen atoms in total. The fourth-order valence-corrected chi connectivity index (χ4v) is 1.69. The van der Waals surface area contributed by atoms with E-state index in [1.165, 1.54) is 13.8 Å². The molecule has 0 aliphatic carbocycles. The van der Waals surface area contributed by atoms with Crippen LogP contribution in [-0.2, 0) is 42.9 Å². The number of aliphatic hydroxyl groups is 1. The van der Waals surface area contributed by atoms with E-state index in [0.717, 1.165) is 0 Å². The first-order valence-corrected chi connectivity index (χ1v) is 8.31. The maximum Gasteiger partial charge on any atom is 0.339 e. The van der Waals surface area contributed by atoms with Crippen LogP contribution in [0.1, 0.15) is 26.7 Å². The van der Waals surface area contributed by atoms with Gasteiger partial charge in [-0.1, -0.05) is 13.2 Å². The van der Waals surface area contributed by atoms with Gasteiger partial charge in [0.15, 0.2) is 5.60 Å². The quantitative estimate of drug-likeness (QED) is 0.178. The normalized spacial score (nSPS) is 12.1. The van der Waals surface area contributed by atoms with E-state index in [0.29, 0.717) is 0 Å². The Morgan fingerprint density at radius 1 is 0.759 bits per heavy atom. The highest BCUT2D eigenvalue weighted by atomic mass is 16.6. The van der Waals surface area contributed by atoms with Gasteiger partial charge in [-0.3, -0.25) is 9.59 Å². The third-order valence-corrected chi connectivity index (χ3v) is 3.09. The second kappa shape index (κ2) is 12.3. The third-order valence-electron chi connectivity index (χ3n) is 3.09. The lowest BCUT2D eigenvalue weighted by atomic mass is 9.96. The summed E-state index contributed by atoms with van der Waals surface area (Å²) in [7, 11) is 0. The van der Waals surface area contributed by atoms with Gasteiger partial charge in [-0.2, -0.15) is 0 Å². The fraction of sp³-hybridized carbons (Fsp3) is 0.500. The third kappa shape index (κ3) is 10.6. The van der Waals surface area contributed by atoms with Crippen LogP contribution in [0.3, 0.4) is 0 Å². The van der Waals surface area contributed by atoms with Gasteiger partial charge in [-0.05, 0) is 13.8 Å². The fourth-order valence-electron chi connectivity index (χ4n) is 1.69. The van der Waals surface area contributed by atoms with Crippen molar-refractivity contribution < 1.29 is 53.1 Å². The molecule has 0 aliphatic heterocycles. The van der Waals surface area contributed by atoms with E-state index in [1.807, 2.05) is 0 Å². The Hall–Kier alpha value is -3.21. The second-order valence-corrected chi connectivity index (χ2v) is 5.97. The molecule has 1 unspecified atom stereocenters. The van der Waals surface area contributed by atoms with Crippen molar-refractivity contribution in [3.05, 3.63) is 24.3 Å². The van der Waals surface area contributed by atoms with Crippen LogP contribution in [0.4, 0.5) is 0 Å². The van der Waals surface area contributed by atoms with Crippen LogP contribution < -0.4 is 0 Å². The maximum absolute atomic E-state index is 12.0. The molecule has 0 saturated heterocycles. The van der Waals surface area contributed by atoms with E-state index < -0.39 is 54.9 Å². The van der Waals surface area contributed by atoms with Crippen LogP contribution in [0.2, 0.25) is 0 Å². The van der Waals surface area contributed by atoms with Crippen LogP contribution >= 0.6 is 0 Å². The summed E-state index contributed by atoms with van der Waals surface area (Å²) in [4.78, 5) is 57.1. The molecular formula is C18H24O11. The van der Waals surface area contributed by atoms with Crippen molar-refractivity contribution in [1.82, 2.24) is 0 Å². The summed E-state index contributed by atoms with van der Waals surface area (Å²) in [6.07, 6.45) is -2.14. The molecule has 11 heteroatoms. The van der Waals surface area contributed by atoms with Crippen LogP contribution in [0.5, 0.6) is 0 Å². The molecule has 0 bridgehead atoms. The molecule has 0 spiro atoms. The average molecular weight is 416 g/mol. The Balaban J connectivity index is 4.63. The Morgan fingerprint density at radius 3 is 1.59 bits per heavy atom. The number of ether oxygens (including phenoxy) is 4. The van der Waals surface area contributed by atoms with Crippen molar-refractivity contribution in [2.45, 2.75) is 32.3 Å². The molecule has 0 aromatic heterocycles. The summed E-state index contributed by atoms with van der Waals surface area (Å²) < 4.78 is 18.7. The zero-order chi connectivity index (χ0) is 22.6. The van der Waals surface area contributed by atoms with Gasteiger partial charge in [0.05, 0.1) is 12.8 Å². The lowest BCUT2D eigenvalue weighted by molar-refractivity contribution is -0.178.